The molecule has 3 N–H and O–H groups in total. The summed E-state index contributed by atoms with van der Waals surface area (Å²) >= 11 is 0. The molecular weight excluding hydrogens is 492 g/mol. The molecule has 0 fully saturated rings. The average Bonchev–Trinajstić information content (AvgIpc) is 3.31. The lowest BCUT2D eigenvalue weighted by atomic mass is 10.1. The monoisotopic (exact) mass is 515 g/mol. The fourth-order valence-corrected chi connectivity index (χ4v) is 4.05. The van der Waals surface area contributed by atoms with Crippen molar-refractivity contribution in [1.29, 1.82) is 0 Å². The first kappa shape index (κ1) is 24.8. The van der Waals surface area contributed by atoms with E-state index in [2.05, 4.69) is 25.9 Å². The lowest BCUT2D eigenvalue weighted by Crippen LogP contribution is -2.30. The number of carbonyl (C=O) groups excluding carboxylic acids is 2. The number of allylic oxidation sites excluding steroid dienone is 1. The number of anilines is 1. The lowest BCUT2D eigenvalue weighted by Gasteiger charge is -2.23. The minimum Gasteiger partial charge on any atom is -0.491 e. The predicted molar refractivity (Wildman–Crippen MR) is 138 cm³/mol. The van der Waals surface area contributed by atoms with E-state index in [-0.39, 0.29) is 36.8 Å². The number of benzene rings is 2. The van der Waals surface area contributed by atoms with Crippen LogP contribution in [0.1, 0.15) is 27.5 Å². The highest BCUT2D eigenvalue weighted by atomic mass is 19.2. The summed E-state index contributed by atoms with van der Waals surface area (Å²) in [6.07, 6.45) is 6.85. The second-order valence-electron chi connectivity index (χ2n) is 8.62. The summed E-state index contributed by atoms with van der Waals surface area (Å²) in [5.41, 5.74) is 2.19. The van der Waals surface area contributed by atoms with E-state index in [0.717, 1.165) is 17.7 Å². The third-order valence-electron chi connectivity index (χ3n) is 5.99. The van der Waals surface area contributed by atoms with Gasteiger partial charge in [-0.25, -0.2) is 18.6 Å². The number of aromatic nitrogens is 1. The first-order valence-corrected chi connectivity index (χ1v) is 11.9. The van der Waals surface area contributed by atoms with Crippen LogP contribution < -0.4 is 16.0 Å². The molecule has 2 aromatic carbocycles. The molecular formula is C28H23F2N5O3. The number of nitrogens with zero attached hydrogens (tertiary/aromatic N) is 2. The second-order valence-corrected chi connectivity index (χ2v) is 8.62. The molecule has 0 saturated carbocycles. The number of amides is 3. The second kappa shape index (κ2) is 11.0. The number of rotatable bonds is 9. The number of nitrogens with one attached hydrogen (secondary N) is 3. The molecule has 192 valence electrons. The first-order chi connectivity index (χ1) is 18.5. The van der Waals surface area contributed by atoms with Gasteiger partial charge in [-0.2, -0.15) is 4.99 Å². The zero-order valence-corrected chi connectivity index (χ0v) is 20.0. The van der Waals surface area contributed by atoms with Crippen LogP contribution in [0, 0.1) is 11.6 Å². The number of hydrogen-bond acceptors (Lipinski definition) is 5. The highest BCUT2D eigenvalue weighted by molar-refractivity contribution is 6.12. The zero-order chi connectivity index (χ0) is 26.5. The number of hydrogen-bond donors (Lipinski definition) is 3. The third-order valence-corrected chi connectivity index (χ3v) is 5.99. The molecule has 10 heteroatoms. The van der Waals surface area contributed by atoms with Crippen LogP contribution >= 0.6 is 0 Å². The molecule has 1 aromatic heterocycles. The van der Waals surface area contributed by atoms with Gasteiger partial charge in [0.15, 0.2) is 11.6 Å². The third kappa shape index (κ3) is 5.75. The zero-order valence-electron chi connectivity index (χ0n) is 20.0. The van der Waals surface area contributed by atoms with Crippen molar-refractivity contribution in [2.45, 2.75) is 18.6 Å². The van der Waals surface area contributed by atoms with Crippen LogP contribution in [0.5, 0.6) is 0 Å². The van der Waals surface area contributed by atoms with Gasteiger partial charge < -0.3 is 20.7 Å². The van der Waals surface area contributed by atoms with E-state index in [9.17, 15) is 18.4 Å². The van der Waals surface area contributed by atoms with Crippen LogP contribution in [0.3, 0.4) is 0 Å². The van der Waals surface area contributed by atoms with Gasteiger partial charge in [0, 0.05) is 18.8 Å². The van der Waals surface area contributed by atoms with E-state index < -0.39 is 17.5 Å². The molecule has 5 rings (SSSR count). The number of halogens is 2. The number of ether oxygens (including phenoxy) is 1. The fourth-order valence-electron chi connectivity index (χ4n) is 4.05. The van der Waals surface area contributed by atoms with Gasteiger partial charge in [-0.1, -0.05) is 42.5 Å². The minimum absolute atomic E-state index is 0.0122. The highest BCUT2D eigenvalue weighted by Crippen LogP contribution is 2.24. The lowest BCUT2D eigenvalue weighted by molar-refractivity contribution is 0.0951. The molecule has 3 amide bonds. The molecule has 1 aliphatic carbocycles. The Morgan fingerprint density at radius 1 is 1.08 bits per heavy atom. The minimum atomic E-state index is -0.979. The Labute approximate surface area is 217 Å². The Hall–Kier alpha value is -4.86. The van der Waals surface area contributed by atoms with Crippen LogP contribution in [0.2, 0.25) is 0 Å². The van der Waals surface area contributed by atoms with Crippen molar-refractivity contribution in [3.05, 3.63) is 119 Å². The summed E-state index contributed by atoms with van der Waals surface area (Å²) in [7, 11) is 0. The van der Waals surface area contributed by atoms with Gasteiger partial charge in [-0.15, -0.1) is 0 Å². The van der Waals surface area contributed by atoms with E-state index in [0.29, 0.717) is 22.9 Å². The molecule has 8 nitrogen and oxygen atoms in total. The number of aliphatic imine (C=N–C) groups is 1. The maximum absolute atomic E-state index is 13.5. The van der Waals surface area contributed by atoms with Crippen molar-refractivity contribution >= 4 is 23.5 Å². The molecule has 3 aromatic rings. The topological polar surface area (TPSA) is 105 Å². The van der Waals surface area contributed by atoms with Crippen LogP contribution in [-0.4, -0.2) is 35.3 Å². The molecule has 2 atom stereocenters. The quantitative estimate of drug-likeness (QED) is 0.391. The number of fused-ring (bicyclic) bond motifs is 1. The molecule has 0 bridgehead atoms. The van der Waals surface area contributed by atoms with Crippen molar-refractivity contribution in [2.24, 2.45) is 4.99 Å². The van der Waals surface area contributed by atoms with Gasteiger partial charge >= 0.3 is 6.03 Å². The summed E-state index contributed by atoms with van der Waals surface area (Å²) < 4.78 is 32.8. The number of carbonyl (C=O) groups is 2. The van der Waals surface area contributed by atoms with Crippen molar-refractivity contribution in [2.75, 3.05) is 11.9 Å². The van der Waals surface area contributed by atoms with E-state index in [1.807, 2.05) is 30.3 Å². The standard InChI is InChI=1S/C28H23F2N5O3/c29-21-10-8-17(13-22(21)30)15-32-27(36)20-7-4-12-31-26(20)33-25(18-5-2-1-3-6-18)16-38-19-9-11-23-24(14-19)35-28(37)34-23/h1-14,23,25H,15-16H2,(H,31,33)(H,32,36)(H,34,37)/t23?,25-/m0/s1. The van der Waals surface area contributed by atoms with Gasteiger partial charge in [0.2, 0.25) is 0 Å². The van der Waals surface area contributed by atoms with E-state index in [4.69, 9.17) is 4.74 Å². The van der Waals surface area contributed by atoms with Gasteiger partial charge in [-0.3, -0.25) is 4.79 Å². The van der Waals surface area contributed by atoms with Crippen molar-refractivity contribution in [3.63, 3.8) is 0 Å². The smallest absolute Gasteiger partial charge is 0.342 e. The van der Waals surface area contributed by atoms with Crippen molar-refractivity contribution in [3.8, 4) is 0 Å². The van der Waals surface area contributed by atoms with E-state index in [1.54, 1.807) is 36.6 Å². The largest absolute Gasteiger partial charge is 0.491 e. The van der Waals surface area contributed by atoms with Gasteiger partial charge in [0.1, 0.15) is 18.2 Å². The Morgan fingerprint density at radius 2 is 1.92 bits per heavy atom. The van der Waals surface area contributed by atoms with Crippen LogP contribution in [0.25, 0.3) is 0 Å². The number of urea groups is 1. The summed E-state index contributed by atoms with van der Waals surface area (Å²) in [5.74, 6) is -1.49. The highest BCUT2D eigenvalue weighted by Gasteiger charge is 2.25. The Balaban J connectivity index is 1.31. The molecule has 0 saturated heterocycles. The van der Waals surface area contributed by atoms with Gasteiger partial charge in [-0.05, 0) is 41.5 Å². The molecule has 2 aliphatic rings. The fraction of sp³-hybridized carbons (Fsp3) is 0.143. The van der Waals surface area contributed by atoms with E-state index in [1.165, 1.54) is 6.07 Å². The van der Waals surface area contributed by atoms with Crippen LogP contribution in [0.4, 0.5) is 19.4 Å². The molecule has 2 heterocycles. The summed E-state index contributed by atoms with van der Waals surface area (Å²) in [6.45, 7) is 0.199. The predicted octanol–water partition coefficient (Wildman–Crippen LogP) is 4.45. The number of pyridine rings is 1. The molecule has 1 aliphatic heterocycles. The summed E-state index contributed by atoms with van der Waals surface area (Å²) in [5, 5.41) is 8.74. The first-order valence-electron chi connectivity index (χ1n) is 11.9. The molecule has 0 radical (unpaired) electrons. The van der Waals surface area contributed by atoms with Crippen LogP contribution in [-0.2, 0) is 11.3 Å². The van der Waals surface area contributed by atoms with Gasteiger partial charge in [0.05, 0.1) is 23.4 Å². The van der Waals surface area contributed by atoms with Crippen LogP contribution in [0.15, 0.2) is 95.8 Å². The molecule has 38 heavy (non-hydrogen) atoms. The normalized spacial score (nSPS) is 16.6. The van der Waals surface area contributed by atoms with E-state index >= 15 is 0 Å². The summed E-state index contributed by atoms with van der Waals surface area (Å²) in [6, 6.07) is 15.2. The Bertz CT molecular complexity index is 1460. The summed E-state index contributed by atoms with van der Waals surface area (Å²) in [4.78, 5) is 32.8. The SMILES string of the molecule is O=C1N=C2C=C(OC[C@H](Nc3ncccc3C(=O)NCc3ccc(F)c(F)c3)c3ccccc3)C=CC2N1. The van der Waals surface area contributed by atoms with Crippen molar-refractivity contribution in [1.82, 2.24) is 15.6 Å². The Morgan fingerprint density at radius 3 is 2.74 bits per heavy atom. The maximum atomic E-state index is 13.5. The maximum Gasteiger partial charge on any atom is 0.342 e. The average molecular weight is 516 g/mol. The molecule has 1 unspecified atom stereocenters. The Kier molecular flexibility index (Phi) is 7.21. The molecule has 0 spiro atoms. The van der Waals surface area contributed by atoms with Crippen molar-refractivity contribution < 1.29 is 23.1 Å². The van der Waals surface area contributed by atoms with Gasteiger partial charge in [0.25, 0.3) is 5.91 Å².